The molecule has 0 radical (unpaired) electrons. The molecule has 2 heterocycles. The van der Waals surface area contributed by atoms with Crippen LogP contribution in [0, 0.1) is 0 Å². The lowest BCUT2D eigenvalue weighted by Crippen LogP contribution is -2.10. The lowest BCUT2D eigenvalue weighted by Gasteiger charge is -2.02. The number of anilines is 1. The zero-order valence-electron chi connectivity index (χ0n) is 11.3. The van der Waals surface area contributed by atoms with Crippen molar-refractivity contribution in [3.8, 4) is 5.88 Å². The van der Waals surface area contributed by atoms with E-state index in [4.69, 9.17) is 14.4 Å². The number of aromatic carboxylic acids is 1. The third kappa shape index (κ3) is 2.63. The van der Waals surface area contributed by atoms with Crippen molar-refractivity contribution in [3.63, 3.8) is 0 Å². The lowest BCUT2D eigenvalue weighted by molar-refractivity contribution is 0.0702. The molecule has 0 fully saturated rings. The number of rotatable bonds is 4. The molecule has 112 valence electrons. The van der Waals surface area contributed by atoms with Crippen molar-refractivity contribution < 1.29 is 24.0 Å². The standard InChI is InChI=1S/C14H10N2O5S/c1-20-12-6-9(21-16-12)13(17)15-8-2-3-10-7(4-8)5-11(22-10)14(18)19/h2-6H,1H3,(H,15,17)(H,18,19). The summed E-state index contributed by atoms with van der Waals surface area (Å²) in [4.78, 5) is 23.2. The van der Waals surface area contributed by atoms with E-state index in [1.807, 2.05) is 0 Å². The van der Waals surface area contributed by atoms with Crippen LogP contribution >= 0.6 is 11.3 Å². The summed E-state index contributed by atoms with van der Waals surface area (Å²) >= 11 is 1.18. The molecular formula is C14H10N2O5S. The molecule has 0 aliphatic rings. The average Bonchev–Trinajstić information content (AvgIpc) is 3.13. The normalized spacial score (nSPS) is 10.6. The lowest BCUT2D eigenvalue weighted by atomic mass is 10.2. The van der Waals surface area contributed by atoms with Crippen molar-refractivity contribution in [2.24, 2.45) is 0 Å². The Morgan fingerprint density at radius 1 is 1.32 bits per heavy atom. The molecule has 2 aromatic heterocycles. The molecule has 3 rings (SSSR count). The number of nitrogens with zero attached hydrogens (tertiary/aromatic N) is 1. The van der Waals surface area contributed by atoms with E-state index < -0.39 is 11.9 Å². The summed E-state index contributed by atoms with van der Waals surface area (Å²) in [6.45, 7) is 0. The molecule has 0 saturated heterocycles. The maximum absolute atomic E-state index is 12.0. The Bertz CT molecular complexity index is 867. The number of thiophene rings is 1. The highest BCUT2D eigenvalue weighted by Crippen LogP contribution is 2.28. The SMILES string of the molecule is COc1cc(C(=O)Nc2ccc3sc(C(=O)O)cc3c2)on1. The minimum atomic E-state index is -0.972. The number of amides is 1. The van der Waals surface area contributed by atoms with E-state index in [0.717, 1.165) is 10.1 Å². The van der Waals surface area contributed by atoms with E-state index in [9.17, 15) is 9.59 Å². The fourth-order valence-corrected chi connectivity index (χ4v) is 2.76. The third-order valence-electron chi connectivity index (χ3n) is 2.91. The van der Waals surface area contributed by atoms with Crippen LogP contribution in [0.2, 0.25) is 0 Å². The first-order valence-corrected chi connectivity index (χ1v) is 6.97. The van der Waals surface area contributed by atoms with Crippen LogP contribution in [0.3, 0.4) is 0 Å². The molecular weight excluding hydrogens is 308 g/mol. The number of hydrogen-bond donors (Lipinski definition) is 2. The average molecular weight is 318 g/mol. The van der Waals surface area contributed by atoms with Crippen molar-refractivity contribution in [2.75, 3.05) is 12.4 Å². The largest absolute Gasteiger partial charge is 0.479 e. The van der Waals surface area contributed by atoms with Crippen LogP contribution in [0.4, 0.5) is 5.69 Å². The predicted molar refractivity (Wildman–Crippen MR) is 79.8 cm³/mol. The van der Waals surface area contributed by atoms with Gasteiger partial charge in [0.2, 0.25) is 5.76 Å². The molecule has 0 aliphatic heterocycles. The zero-order valence-corrected chi connectivity index (χ0v) is 12.1. The molecule has 0 aliphatic carbocycles. The fourth-order valence-electron chi connectivity index (χ4n) is 1.88. The van der Waals surface area contributed by atoms with Crippen LogP contribution in [0.25, 0.3) is 10.1 Å². The van der Waals surface area contributed by atoms with Gasteiger partial charge in [0.15, 0.2) is 0 Å². The minimum Gasteiger partial charge on any atom is -0.479 e. The Hall–Kier alpha value is -2.87. The number of nitrogens with one attached hydrogen (secondary N) is 1. The molecule has 1 amide bonds. The molecule has 2 N–H and O–H groups in total. The molecule has 0 spiro atoms. The van der Waals surface area contributed by atoms with Gasteiger partial charge in [-0.2, -0.15) is 0 Å². The summed E-state index contributed by atoms with van der Waals surface area (Å²) in [5.41, 5.74) is 0.530. The number of fused-ring (bicyclic) bond motifs is 1. The van der Waals surface area contributed by atoms with Crippen molar-refractivity contribution in [2.45, 2.75) is 0 Å². The van der Waals surface area contributed by atoms with E-state index in [1.165, 1.54) is 24.5 Å². The number of hydrogen-bond acceptors (Lipinski definition) is 6. The smallest absolute Gasteiger partial charge is 0.345 e. The Morgan fingerprint density at radius 3 is 2.82 bits per heavy atom. The molecule has 0 bridgehead atoms. The summed E-state index contributed by atoms with van der Waals surface area (Å²) in [5.74, 6) is -1.21. The number of methoxy groups -OCH3 is 1. The van der Waals surface area contributed by atoms with E-state index in [0.29, 0.717) is 5.69 Å². The van der Waals surface area contributed by atoms with E-state index in [-0.39, 0.29) is 16.5 Å². The van der Waals surface area contributed by atoms with Gasteiger partial charge in [0.25, 0.3) is 11.8 Å². The van der Waals surface area contributed by atoms with Crippen LogP contribution in [-0.2, 0) is 0 Å². The first kappa shape index (κ1) is 14.1. The Morgan fingerprint density at radius 2 is 2.14 bits per heavy atom. The number of aromatic nitrogens is 1. The second kappa shape index (κ2) is 5.49. The van der Waals surface area contributed by atoms with Gasteiger partial charge in [-0.1, -0.05) is 0 Å². The van der Waals surface area contributed by atoms with Crippen LogP contribution < -0.4 is 10.1 Å². The van der Waals surface area contributed by atoms with Gasteiger partial charge in [0.1, 0.15) is 4.88 Å². The molecule has 0 saturated carbocycles. The van der Waals surface area contributed by atoms with Crippen molar-refractivity contribution >= 4 is 39.0 Å². The van der Waals surface area contributed by atoms with Gasteiger partial charge >= 0.3 is 5.97 Å². The fraction of sp³-hybridized carbons (Fsp3) is 0.0714. The minimum absolute atomic E-state index is 0.0218. The topological polar surface area (TPSA) is 102 Å². The maximum atomic E-state index is 12.0. The quantitative estimate of drug-likeness (QED) is 0.767. The molecule has 7 nitrogen and oxygen atoms in total. The summed E-state index contributed by atoms with van der Waals surface area (Å²) in [6, 6.07) is 8.08. The van der Waals surface area contributed by atoms with Crippen molar-refractivity contribution in [1.29, 1.82) is 0 Å². The Kier molecular flexibility index (Phi) is 3.51. The number of ether oxygens (including phenoxy) is 1. The van der Waals surface area contributed by atoms with Gasteiger partial charge in [-0.25, -0.2) is 4.79 Å². The zero-order chi connectivity index (χ0) is 15.7. The predicted octanol–water partition coefficient (Wildman–Crippen LogP) is 2.85. The summed E-state index contributed by atoms with van der Waals surface area (Å²) in [6.07, 6.45) is 0. The van der Waals surface area contributed by atoms with Crippen LogP contribution in [0.5, 0.6) is 5.88 Å². The monoisotopic (exact) mass is 318 g/mol. The molecule has 3 aromatic rings. The highest BCUT2D eigenvalue weighted by molar-refractivity contribution is 7.20. The van der Waals surface area contributed by atoms with Crippen LogP contribution in [0.1, 0.15) is 20.2 Å². The van der Waals surface area contributed by atoms with Gasteiger partial charge in [0, 0.05) is 10.4 Å². The molecule has 0 atom stereocenters. The molecule has 1 aromatic carbocycles. The van der Waals surface area contributed by atoms with Crippen LogP contribution in [-0.4, -0.2) is 29.2 Å². The number of carboxylic acid groups (broad SMARTS) is 1. The van der Waals surface area contributed by atoms with E-state index in [1.54, 1.807) is 24.3 Å². The number of carboxylic acids is 1. The maximum Gasteiger partial charge on any atom is 0.345 e. The first-order valence-electron chi connectivity index (χ1n) is 6.16. The van der Waals surface area contributed by atoms with Crippen LogP contribution in [0.15, 0.2) is 34.9 Å². The summed E-state index contributed by atoms with van der Waals surface area (Å²) < 4.78 is 10.5. The number of carbonyl (C=O) groups excluding carboxylic acids is 1. The Labute approximate surface area is 128 Å². The second-order valence-corrected chi connectivity index (χ2v) is 5.44. The number of benzene rings is 1. The van der Waals surface area contributed by atoms with E-state index >= 15 is 0 Å². The third-order valence-corrected chi connectivity index (χ3v) is 4.01. The molecule has 8 heteroatoms. The summed E-state index contributed by atoms with van der Waals surface area (Å²) in [7, 11) is 1.42. The van der Waals surface area contributed by atoms with Gasteiger partial charge in [-0.3, -0.25) is 4.79 Å². The molecule has 22 heavy (non-hydrogen) atoms. The van der Waals surface area contributed by atoms with Gasteiger partial charge < -0.3 is 19.7 Å². The molecule has 0 unspecified atom stereocenters. The number of carbonyl (C=O) groups is 2. The van der Waals surface area contributed by atoms with Gasteiger partial charge in [-0.15, -0.1) is 11.3 Å². The highest BCUT2D eigenvalue weighted by Gasteiger charge is 2.14. The highest BCUT2D eigenvalue weighted by atomic mass is 32.1. The van der Waals surface area contributed by atoms with Gasteiger partial charge in [-0.05, 0) is 34.8 Å². The van der Waals surface area contributed by atoms with Crippen molar-refractivity contribution in [1.82, 2.24) is 5.16 Å². The van der Waals surface area contributed by atoms with Crippen molar-refractivity contribution in [3.05, 3.63) is 41.0 Å². The van der Waals surface area contributed by atoms with E-state index in [2.05, 4.69) is 10.5 Å². The first-order chi connectivity index (χ1) is 10.6. The van der Waals surface area contributed by atoms with Gasteiger partial charge in [0.05, 0.1) is 13.2 Å². The second-order valence-electron chi connectivity index (χ2n) is 4.36. The Balaban J connectivity index is 1.84. The summed E-state index contributed by atoms with van der Waals surface area (Å²) in [5, 5.41) is 15.9.